The molecule has 0 spiro atoms. The fraction of sp³-hybridized carbons (Fsp3) is 0.444. The molecule has 0 saturated carbocycles. The van der Waals surface area contributed by atoms with Crippen LogP contribution in [0.1, 0.15) is 51.2 Å². The van der Waals surface area contributed by atoms with Crippen LogP contribution in [0.5, 0.6) is 0 Å². The van der Waals surface area contributed by atoms with Gasteiger partial charge in [0.2, 0.25) is 5.78 Å². The Balaban J connectivity index is 1.74. The number of rotatable bonds is 9. The predicted octanol–water partition coefficient (Wildman–Crippen LogP) is 4.38. The van der Waals surface area contributed by atoms with Gasteiger partial charge in [0.05, 0.1) is 0 Å². The number of amides is 1. The molecule has 32 heavy (non-hydrogen) atoms. The monoisotopic (exact) mass is 435 g/mol. The van der Waals surface area contributed by atoms with Gasteiger partial charge in [0.15, 0.2) is 0 Å². The van der Waals surface area contributed by atoms with Gasteiger partial charge in [-0.1, -0.05) is 81.4 Å². The van der Waals surface area contributed by atoms with Crippen LogP contribution >= 0.6 is 0 Å². The fourth-order valence-corrected chi connectivity index (χ4v) is 3.99. The molecule has 5 nitrogen and oxygen atoms in total. The highest BCUT2D eigenvalue weighted by molar-refractivity contribution is 6.38. The van der Waals surface area contributed by atoms with Gasteiger partial charge < -0.3 is 9.64 Å². The summed E-state index contributed by atoms with van der Waals surface area (Å²) < 4.78 is 5.97. The largest absolute Gasteiger partial charge is 0.460 e. The maximum Gasteiger partial charge on any atom is 0.329 e. The van der Waals surface area contributed by atoms with E-state index in [9.17, 15) is 14.4 Å². The Labute approximate surface area is 190 Å². The molecule has 3 rings (SSSR count). The Bertz CT molecular complexity index is 882. The summed E-state index contributed by atoms with van der Waals surface area (Å²) in [5.74, 6) is -1.43. The zero-order valence-corrected chi connectivity index (χ0v) is 19.3. The first-order valence-corrected chi connectivity index (χ1v) is 11.5. The molecule has 0 aliphatic carbocycles. The van der Waals surface area contributed by atoms with Crippen LogP contribution in [0.25, 0.3) is 0 Å². The fourth-order valence-electron chi connectivity index (χ4n) is 3.99. The quantitative estimate of drug-likeness (QED) is 0.433. The normalized spacial score (nSPS) is 16.2. The molecule has 1 amide bonds. The SMILES string of the molecule is CCC(C)(C)C(=O)C(=O)N1CCC[C@H]1C(=O)OC(Cc1ccccc1)Cc1ccccc1. The molecule has 1 heterocycles. The van der Waals surface area contributed by atoms with Crippen molar-refractivity contribution in [3.8, 4) is 0 Å². The van der Waals surface area contributed by atoms with Crippen molar-refractivity contribution < 1.29 is 19.1 Å². The topological polar surface area (TPSA) is 63.7 Å². The molecular weight excluding hydrogens is 402 g/mol. The van der Waals surface area contributed by atoms with Gasteiger partial charge in [0.25, 0.3) is 5.91 Å². The van der Waals surface area contributed by atoms with Gasteiger partial charge in [-0.2, -0.15) is 0 Å². The Morgan fingerprint density at radius 2 is 1.50 bits per heavy atom. The lowest BCUT2D eigenvalue weighted by Gasteiger charge is -2.28. The molecule has 1 fully saturated rings. The molecule has 1 atom stereocenters. The Morgan fingerprint density at radius 1 is 0.969 bits per heavy atom. The summed E-state index contributed by atoms with van der Waals surface area (Å²) in [4.78, 5) is 40.2. The molecule has 1 aliphatic rings. The third-order valence-corrected chi connectivity index (χ3v) is 6.37. The summed E-state index contributed by atoms with van der Waals surface area (Å²) >= 11 is 0. The molecule has 1 aliphatic heterocycles. The van der Waals surface area contributed by atoms with Gasteiger partial charge in [0, 0.05) is 24.8 Å². The van der Waals surface area contributed by atoms with Crippen LogP contribution in [0.3, 0.4) is 0 Å². The van der Waals surface area contributed by atoms with Crippen molar-refractivity contribution in [3.05, 3.63) is 71.8 Å². The average Bonchev–Trinajstić information content (AvgIpc) is 3.29. The Hall–Kier alpha value is -2.95. The maximum atomic E-state index is 13.2. The first-order valence-electron chi connectivity index (χ1n) is 11.5. The molecule has 0 aromatic heterocycles. The van der Waals surface area contributed by atoms with E-state index in [0.717, 1.165) is 11.1 Å². The number of carbonyl (C=O) groups is 3. The number of Topliss-reactive ketones (excluding diaryl/α,β-unsaturated/α-hetero) is 1. The first kappa shape index (κ1) is 23.7. The van der Waals surface area contributed by atoms with Gasteiger partial charge in [-0.3, -0.25) is 9.59 Å². The van der Waals surface area contributed by atoms with Crippen molar-refractivity contribution in [2.45, 2.75) is 65.0 Å². The number of nitrogens with zero attached hydrogens (tertiary/aromatic N) is 1. The summed E-state index contributed by atoms with van der Waals surface area (Å²) in [6.07, 6.45) is 2.60. The lowest BCUT2D eigenvalue weighted by molar-refractivity contribution is -0.160. The molecule has 1 saturated heterocycles. The van der Waals surface area contributed by atoms with E-state index in [-0.39, 0.29) is 6.10 Å². The first-order chi connectivity index (χ1) is 15.3. The Kier molecular flexibility index (Phi) is 7.84. The molecule has 0 bridgehead atoms. The smallest absolute Gasteiger partial charge is 0.329 e. The molecule has 0 N–H and O–H groups in total. The highest BCUT2D eigenvalue weighted by Crippen LogP contribution is 2.26. The molecule has 2 aromatic carbocycles. The highest BCUT2D eigenvalue weighted by Gasteiger charge is 2.42. The lowest BCUT2D eigenvalue weighted by atomic mass is 9.84. The van der Waals surface area contributed by atoms with E-state index in [1.807, 2.05) is 67.6 Å². The molecule has 0 radical (unpaired) electrons. The van der Waals surface area contributed by atoms with E-state index in [1.165, 1.54) is 4.90 Å². The van der Waals surface area contributed by atoms with Gasteiger partial charge in [-0.05, 0) is 30.4 Å². The Morgan fingerprint density at radius 3 is 2.00 bits per heavy atom. The number of carbonyl (C=O) groups excluding carboxylic acids is 3. The minimum absolute atomic E-state index is 0.354. The van der Waals surface area contributed by atoms with Gasteiger partial charge >= 0.3 is 5.97 Å². The van der Waals surface area contributed by atoms with Crippen molar-refractivity contribution in [1.82, 2.24) is 4.90 Å². The standard InChI is InChI=1S/C27H33NO4/c1-4-27(2,3)24(29)25(30)28-17-11-16-23(28)26(31)32-22(18-20-12-7-5-8-13-20)19-21-14-9-6-10-15-21/h5-10,12-15,22-23H,4,11,16-19H2,1-3H3/t23-/m0/s1. The molecule has 2 aromatic rings. The van der Waals surface area contributed by atoms with Crippen LogP contribution in [-0.2, 0) is 32.0 Å². The van der Waals surface area contributed by atoms with E-state index >= 15 is 0 Å². The van der Waals surface area contributed by atoms with Crippen molar-refractivity contribution >= 4 is 17.7 Å². The van der Waals surface area contributed by atoms with E-state index in [4.69, 9.17) is 4.74 Å². The van der Waals surface area contributed by atoms with Crippen LogP contribution in [0.4, 0.5) is 0 Å². The number of hydrogen-bond donors (Lipinski definition) is 0. The molecule has 0 unspecified atom stereocenters. The zero-order chi connectivity index (χ0) is 23.1. The zero-order valence-electron chi connectivity index (χ0n) is 19.3. The minimum Gasteiger partial charge on any atom is -0.460 e. The summed E-state index contributed by atoms with van der Waals surface area (Å²) in [5, 5.41) is 0. The van der Waals surface area contributed by atoms with Gasteiger partial charge in [-0.15, -0.1) is 0 Å². The van der Waals surface area contributed by atoms with Crippen molar-refractivity contribution in [2.24, 2.45) is 5.41 Å². The summed E-state index contributed by atoms with van der Waals surface area (Å²) in [7, 11) is 0. The number of benzene rings is 2. The van der Waals surface area contributed by atoms with Crippen molar-refractivity contribution in [3.63, 3.8) is 0 Å². The second-order valence-electron chi connectivity index (χ2n) is 9.16. The van der Waals surface area contributed by atoms with Crippen molar-refractivity contribution in [1.29, 1.82) is 0 Å². The van der Waals surface area contributed by atoms with E-state index in [1.54, 1.807) is 13.8 Å². The molecule has 170 valence electrons. The van der Waals surface area contributed by atoms with Crippen LogP contribution < -0.4 is 0 Å². The maximum absolute atomic E-state index is 13.2. The third-order valence-electron chi connectivity index (χ3n) is 6.37. The van der Waals surface area contributed by atoms with Gasteiger partial charge in [0.1, 0.15) is 12.1 Å². The molecule has 5 heteroatoms. The predicted molar refractivity (Wildman–Crippen MR) is 124 cm³/mol. The number of hydrogen-bond acceptors (Lipinski definition) is 4. The minimum atomic E-state index is -0.739. The number of likely N-dealkylation sites (tertiary alicyclic amines) is 1. The van der Waals surface area contributed by atoms with E-state index in [0.29, 0.717) is 38.6 Å². The highest BCUT2D eigenvalue weighted by atomic mass is 16.5. The summed E-state index contributed by atoms with van der Waals surface area (Å²) in [5.41, 5.74) is 1.43. The lowest BCUT2D eigenvalue weighted by Crippen LogP contribution is -2.48. The van der Waals surface area contributed by atoms with Crippen LogP contribution in [-0.4, -0.2) is 41.3 Å². The second-order valence-corrected chi connectivity index (χ2v) is 9.16. The van der Waals surface area contributed by atoms with Crippen LogP contribution in [0.15, 0.2) is 60.7 Å². The van der Waals surface area contributed by atoms with Crippen molar-refractivity contribution in [2.75, 3.05) is 6.54 Å². The van der Waals surface area contributed by atoms with Crippen LogP contribution in [0.2, 0.25) is 0 Å². The van der Waals surface area contributed by atoms with E-state index in [2.05, 4.69) is 0 Å². The average molecular weight is 436 g/mol. The third kappa shape index (κ3) is 5.84. The van der Waals surface area contributed by atoms with Crippen LogP contribution in [0, 0.1) is 5.41 Å². The second kappa shape index (κ2) is 10.6. The number of ether oxygens (including phenoxy) is 1. The number of ketones is 1. The molecular formula is C27H33NO4. The van der Waals surface area contributed by atoms with E-state index < -0.39 is 29.1 Å². The summed E-state index contributed by atoms with van der Waals surface area (Å²) in [6.45, 7) is 5.84. The van der Waals surface area contributed by atoms with Gasteiger partial charge in [-0.25, -0.2) is 4.79 Å². The number of esters is 1. The summed E-state index contributed by atoms with van der Waals surface area (Å²) in [6, 6.07) is 19.1.